The van der Waals surface area contributed by atoms with Crippen molar-refractivity contribution in [2.75, 3.05) is 11.9 Å². The summed E-state index contributed by atoms with van der Waals surface area (Å²) in [6.07, 6.45) is 1.90. The zero-order valence-electron chi connectivity index (χ0n) is 15.1. The zero-order valence-corrected chi connectivity index (χ0v) is 15.1. The fourth-order valence-corrected chi connectivity index (χ4v) is 2.73. The highest BCUT2D eigenvalue weighted by Crippen LogP contribution is 2.20. The molecule has 0 aliphatic rings. The lowest BCUT2D eigenvalue weighted by Gasteiger charge is -2.19. The number of aromatic nitrogens is 2. The smallest absolute Gasteiger partial charge is 0.376 e. The fraction of sp³-hybridized carbons (Fsp3) is 0.263. The number of anilines is 1. The summed E-state index contributed by atoms with van der Waals surface area (Å²) in [4.78, 5) is 27.4. The number of hydrogen-bond acceptors (Lipinski definition) is 6. The molecule has 140 valence electrons. The number of ether oxygens (including phenoxy) is 1. The van der Waals surface area contributed by atoms with Gasteiger partial charge < -0.3 is 10.1 Å². The molecule has 2 aromatic heterocycles. The Kier molecular flexibility index (Phi) is 5.35. The lowest BCUT2D eigenvalue weighted by Crippen LogP contribution is -2.28. The van der Waals surface area contributed by atoms with E-state index in [1.807, 2.05) is 38.1 Å². The third-order valence-corrected chi connectivity index (χ3v) is 4.14. The summed E-state index contributed by atoms with van der Waals surface area (Å²) < 4.78 is 7.10. The van der Waals surface area contributed by atoms with E-state index in [0.29, 0.717) is 12.1 Å². The van der Waals surface area contributed by atoms with Gasteiger partial charge in [0.25, 0.3) is 0 Å². The summed E-state index contributed by atoms with van der Waals surface area (Å²) in [5, 5.41) is 14.3. The Hall–Kier alpha value is -3.42. The number of hydrogen-bond donors (Lipinski definition) is 1. The second-order valence-corrected chi connectivity index (χ2v) is 6.15. The van der Waals surface area contributed by atoms with Crippen LogP contribution in [-0.4, -0.2) is 27.0 Å². The van der Waals surface area contributed by atoms with E-state index < -0.39 is 16.2 Å². The van der Waals surface area contributed by atoms with Gasteiger partial charge in [-0.3, -0.25) is 19.3 Å². The molecule has 8 nitrogen and oxygen atoms in total. The minimum atomic E-state index is -0.722. The van der Waals surface area contributed by atoms with E-state index in [-0.39, 0.29) is 18.5 Å². The van der Waals surface area contributed by atoms with Gasteiger partial charge in [0.15, 0.2) is 0 Å². The van der Waals surface area contributed by atoms with Crippen LogP contribution < -0.4 is 15.6 Å². The van der Waals surface area contributed by atoms with Gasteiger partial charge in [0.1, 0.15) is 17.5 Å². The minimum absolute atomic E-state index is 0.0532. The predicted octanol–water partition coefficient (Wildman–Crippen LogP) is 3.18. The molecule has 0 aliphatic heterocycles. The summed E-state index contributed by atoms with van der Waals surface area (Å²) in [5.41, 5.74) is 0.114. The molecular weight excluding hydrogens is 348 g/mol. The van der Waals surface area contributed by atoms with Crippen LogP contribution >= 0.6 is 0 Å². The number of aryl methyl sites for hydroxylation is 1. The zero-order chi connectivity index (χ0) is 19.4. The van der Waals surface area contributed by atoms with E-state index in [4.69, 9.17) is 4.74 Å². The van der Waals surface area contributed by atoms with Gasteiger partial charge in [-0.1, -0.05) is 25.1 Å². The van der Waals surface area contributed by atoms with Gasteiger partial charge in [-0.05, 0) is 43.2 Å². The van der Waals surface area contributed by atoms with Gasteiger partial charge in [-0.25, -0.2) is 4.98 Å². The van der Waals surface area contributed by atoms with Gasteiger partial charge in [0.05, 0.1) is 11.5 Å². The lowest BCUT2D eigenvalue weighted by atomic mass is 10.2. The Balaban J connectivity index is 1.85. The lowest BCUT2D eigenvalue weighted by molar-refractivity contribution is -0.385. The maximum atomic E-state index is 12.4. The van der Waals surface area contributed by atoms with Crippen LogP contribution in [0.4, 0.5) is 11.5 Å². The van der Waals surface area contributed by atoms with Crippen molar-refractivity contribution in [3.63, 3.8) is 0 Å². The van der Waals surface area contributed by atoms with E-state index in [2.05, 4.69) is 10.3 Å². The van der Waals surface area contributed by atoms with Crippen LogP contribution in [0.25, 0.3) is 5.65 Å². The normalized spacial score (nSPS) is 11.9. The first-order valence-corrected chi connectivity index (χ1v) is 8.62. The summed E-state index contributed by atoms with van der Waals surface area (Å²) in [6.45, 7) is 4.21. The van der Waals surface area contributed by atoms with Crippen LogP contribution in [0, 0.1) is 17.0 Å². The second-order valence-electron chi connectivity index (χ2n) is 6.15. The summed E-state index contributed by atoms with van der Waals surface area (Å²) >= 11 is 0. The van der Waals surface area contributed by atoms with Gasteiger partial charge in [-0.2, -0.15) is 0 Å². The number of pyridine rings is 1. The largest absolute Gasteiger partial charge is 0.489 e. The van der Waals surface area contributed by atoms with Crippen molar-refractivity contribution in [3.8, 4) is 5.75 Å². The molecule has 0 spiro atoms. The molecule has 0 bridgehead atoms. The van der Waals surface area contributed by atoms with E-state index in [0.717, 1.165) is 15.7 Å². The predicted molar refractivity (Wildman–Crippen MR) is 102 cm³/mol. The first kappa shape index (κ1) is 18.4. The van der Waals surface area contributed by atoms with E-state index in [1.165, 1.54) is 6.20 Å². The molecule has 8 heteroatoms. The quantitative estimate of drug-likeness (QED) is 0.508. The molecule has 1 unspecified atom stereocenters. The van der Waals surface area contributed by atoms with Crippen LogP contribution in [0.1, 0.15) is 18.9 Å². The standard InChI is InChI=1S/C19H20N4O4/c1-3-14(27-15-8-6-7-13(2)11-15)12-20-18-17(23(25)26)19(24)22-10-5-4-9-16(22)21-18/h4-11,14,20H,3,12H2,1-2H3. The maximum absolute atomic E-state index is 12.4. The number of nitrogens with zero attached hydrogens (tertiary/aromatic N) is 3. The van der Waals surface area contributed by atoms with Crippen molar-refractivity contribution in [2.45, 2.75) is 26.4 Å². The summed E-state index contributed by atoms with van der Waals surface area (Å²) in [5.74, 6) is 0.673. The van der Waals surface area contributed by atoms with E-state index >= 15 is 0 Å². The topological polar surface area (TPSA) is 98.8 Å². The van der Waals surface area contributed by atoms with Crippen molar-refractivity contribution in [1.82, 2.24) is 9.38 Å². The van der Waals surface area contributed by atoms with Crippen molar-refractivity contribution in [1.29, 1.82) is 0 Å². The molecule has 0 saturated carbocycles. The van der Waals surface area contributed by atoms with Gasteiger partial charge >= 0.3 is 11.2 Å². The maximum Gasteiger partial charge on any atom is 0.376 e. The van der Waals surface area contributed by atoms with Crippen LogP contribution in [0.5, 0.6) is 5.75 Å². The molecule has 2 heterocycles. The fourth-order valence-electron chi connectivity index (χ4n) is 2.73. The van der Waals surface area contributed by atoms with E-state index in [9.17, 15) is 14.9 Å². The van der Waals surface area contributed by atoms with Crippen molar-refractivity contribution in [3.05, 3.63) is 74.7 Å². The third-order valence-electron chi connectivity index (χ3n) is 4.14. The van der Waals surface area contributed by atoms with Gasteiger partial charge in [-0.15, -0.1) is 0 Å². The molecule has 1 N–H and O–H groups in total. The highest BCUT2D eigenvalue weighted by atomic mass is 16.6. The molecule has 3 rings (SSSR count). The van der Waals surface area contributed by atoms with Crippen LogP contribution in [0.3, 0.4) is 0 Å². The molecule has 3 aromatic rings. The average Bonchev–Trinajstić information content (AvgIpc) is 2.65. The molecule has 0 radical (unpaired) electrons. The Morgan fingerprint density at radius 3 is 2.81 bits per heavy atom. The molecule has 1 atom stereocenters. The summed E-state index contributed by atoms with van der Waals surface area (Å²) in [7, 11) is 0. The van der Waals surface area contributed by atoms with Gasteiger partial charge in [0, 0.05) is 6.20 Å². The first-order valence-electron chi connectivity index (χ1n) is 8.62. The number of rotatable bonds is 7. The number of benzene rings is 1. The van der Waals surface area contributed by atoms with Crippen LogP contribution in [0.15, 0.2) is 53.5 Å². The monoisotopic (exact) mass is 368 g/mol. The molecule has 1 aromatic carbocycles. The molecule has 27 heavy (non-hydrogen) atoms. The van der Waals surface area contributed by atoms with Crippen molar-refractivity contribution in [2.24, 2.45) is 0 Å². The Morgan fingerprint density at radius 1 is 1.30 bits per heavy atom. The Bertz CT molecular complexity index is 1030. The summed E-state index contributed by atoms with van der Waals surface area (Å²) in [6, 6.07) is 12.6. The number of nitrogens with one attached hydrogen (secondary N) is 1. The number of fused-ring (bicyclic) bond motifs is 1. The molecule has 0 aliphatic carbocycles. The van der Waals surface area contributed by atoms with Crippen LogP contribution in [0.2, 0.25) is 0 Å². The molecular formula is C19H20N4O4. The van der Waals surface area contributed by atoms with Gasteiger partial charge in [0.2, 0.25) is 5.82 Å². The van der Waals surface area contributed by atoms with Crippen molar-refractivity contribution >= 4 is 17.2 Å². The highest BCUT2D eigenvalue weighted by molar-refractivity contribution is 5.59. The first-order chi connectivity index (χ1) is 13.0. The Labute approximate surface area is 155 Å². The second kappa shape index (κ2) is 7.86. The minimum Gasteiger partial charge on any atom is -0.489 e. The SMILES string of the molecule is CCC(CNc1nc2ccccn2c(=O)c1[N+](=O)[O-])Oc1cccc(C)c1. The molecule has 0 fully saturated rings. The Morgan fingerprint density at radius 2 is 2.11 bits per heavy atom. The van der Waals surface area contributed by atoms with Crippen molar-refractivity contribution < 1.29 is 9.66 Å². The number of nitro groups is 1. The average molecular weight is 368 g/mol. The molecule has 0 amide bonds. The van der Waals surface area contributed by atoms with Crippen LogP contribution in [-0.2, 0) is 0 Å². The highest BCUT2D eigenvalue weighted by Gasteiger charge is 2.24. The molecule has 0 saturated heterocycles. The third kappa shape index (κ3) is 4.05. The van der Waals surface area contributed by atoms with E-state index in [1.54, 1.807) is 18.2 Å².